The second-order valence-electron chi connectivity index (χ2n) is 4.56. The standard InChI is InChI=1S/C14H20N2O2/c1-10(16-7-5-14(17)15-2)11-3-4-13-12(9-11)6-8-18-13/h3-4,9-10,16H,5-8H2,1-2H3,(H,15,17). The van der Waals surface area contributed by atoms with Gasteiger partial charge in [-0.2, -0.15) is 0 Å². The molecule has 0 aromatic heterocycles. The topological polar surface area (TPSA) is 50.4 Å². The molecule has 98 valence electrons. The van der Waals surface area contributed by atoms with Gasteiger partial charge in [-0.15, -0.1) is 0 Å². The van der Waals surface area contributed by atoms with Crippen LogP contribution in [0.1, 0.15) is 30.5 Å². The molecule has 18 heavy (non-hydrogen) atoms. The monoisotopic (exact) mass is 248 g/mol. The molecule has 0 fully saturated rings. The van der Waals surface area contributed by atoms with E-state index < -0.39 is 0 Å². The van der Waals surface area contributed by atoms with Crippen molar-refractivity contribution in [1.82, 2.24) is 10.6 Å². The summed E-state index contributed by atoms with van der Waals surface area (Å²) in [6.07, 6.45) is 1.50. The van der Waals surface area contributed by atoms with Crippen molar-refractivity contribution in [2.45, 2.75) is 25.8 Å². The lowest BCUT2D eigenvalue weighted by atomic mass is 10.0. The molecule has 0 radical (unpaired) electrons. The van der Waals surface area contributed by atoms with Crippen LogP contribution in [0.3, 0.4) is 0 Å². The number of hydrogen-bond acceptors (Lipinski definition) is 3. The molecule has 1 unspecified atom stereocenters. The number of hydrogen-bond donors (Lipinski definition) is 2. The Balaban J connectivity index is 1.89. The number of benzene rings is 1. The van der Waals surface area contributed by atoms with Gasteiger partial charge >= 0.3 is 0 Å². The van der Waals surface area contributed by atoms with E-state index in [0.29, 0.717) is 13.0 Å². The third kappa shape index (κ3) is 3.01. The number of carbonyl (C=O) groups excluding carboxylic acids is 1. The Morgan fingerprint density at radius 2 is 2.33 bits per heavy atom. The molecule has 1 aromatic carbocycles. The van der Waals surface area contributed by atoms with E-state index in [1.807, 2.05) is 6.07 Å². The molecule has 0 spiro atoms. The lowest BCUT2D eigenvalue weighted by Crippen LogP contribution is -2.26. The average molecular weight is 248 g/mol. The van der Waals surface area contributed by atoms with Crippen LogP contribution in [0.4, 0.5) is 0 Å². The lowest BCUT2D eigenvalue weighted by Gasteiger charge is -2.14. The predicted molar refractivity (Wildman–Crippen MR) is 70.7 cm³/mol. The molecule has 2 rings (SSSR count). The van der Waals surface area contributed by atoms with Crippen LogP contribution < -0.4 is 15.4 Å². The Morgan fingerprint density at radius 1 is 1.50 bits per heavy atom. The molecular formula is C14H20N2O2. The maximum atomic E-state index is 11.1. The molecular weight excluding hydrogens is 228 g/mol. The third-order valence-corrected chi connectivity index (χ3v) is 3.29. The predicted octanol–water partition coefficient (Wildman–Crippen LogP) is 1.41. The smallest absolute Gasteiger partial charge is 0.221 e. The largest absolute Gasteiger partial charge is 0.493 e. The minimum Gasteiger partial charge on any atom is -0.493 e. The van der Waals surface area contributed by atoms with Gasteiger partial charge in [0, 0.05) is 32.5 Å². The summed E-state index contributed by atoms with van der Waals surface area (Å²) in [4.78, 5) is 11.1. The molecule has 1 aliphatic heterocycles. The number of rotatable bonds is 5. The number of carbonyl (C=O) groups is 1. The van der Waals surface area contributed by atoms with E-state index in [2.05, 4.69) is 29.7 Å². The van der Waals surface area contributed by atoms with Crippen LogP contribution in [-0.2, 0) is 11.2 Å². The van der Waals surface area contributed by atoms with Crippen LogP contribution >= 0.6 is 0 Å². The summed E-state index contributed by atoms with van der Waals surface area (Å²) in [5, 5.41) is 5.97. The second kappa shape index (κ2) is 5.87. The first-order valence-electron chi connectivity index (χ1n) is 6.40. The van der Waals surface area contributed by atoms with Gasteiger partial charge in [-0.3, -0.25) is 4.79 Å². The maximum Gasteiger partial charge on any atom is 0.221 e. The molecule has 1 heterocycles. The minimum absolute atomic E-state index is 0.0667. The van der Waals surface area contributed by atoms with E-state index in [-0.39, 0.29) is 11.9 Å². The first-order chi connectivity index (χ1) is 8.70. The highest BCUT2D eigenvalue weighted by molar-refractivity contribution is 5.75. The van der Waals surface area contributed by atoms with E-state index in [1.54, 1.807) is 7.05 Å². The Hall–Kier alpha value is -1.55. The third-order valence-electron chi connectivity index (χ3n) is 3.29. The highest BCUT2D eigenvalue weighted by Gasteiger charge is 2.14. The molecule has 4 heteroatoms. The number of amides is 1. The molecule has 0 saturated heterocycles. The van der Waals surface area contributed by atoms with Gasteiger partial charge in [-0.25, -0.2) is 0 Å². The van der Waals surface area contributed by atoms with Crippen LogP contribution in [0.2, 0.25) is 0 Å². The SMILES string of the molecule is CNC(=O)CCNC(C)c1ccc2c(c1)CCO2. The van der Waals surface area contributed by atoms with Crippen molar-refractivity contribution in [2.24, 2.45) is 0 Å². The molecule has 4 nitrogen and oxygen atoms in total. The van der Waals surface area contributed by atoms with Gasteiger partial charge < -0.3 is 15.4 Å². The average Bonchev–Trinajstić information content (AvgIpc) is 2.85. The zero-order chi connectivity index (χ0) is 13.0. The van der Waals surface area contributed by atoms with Crippen LogP contribution in [-0.4, -0.2) is 26.1 Å². The molecule has 0 saturated carbocycles. The first-order valence-corrected chi connectivity index (χ1v) is 6.40. The normalized spacial score (nSPS) is 14.8. The zero-order valence-electron chi connectivity index (χ0n) is 11.0. The summed E-state index contributed by atoms with van der Waals surface area (Å²) in [5.74, 6) is 1.08. The fourth-order valence-electron chi connectivity index (χ4n) is 2.12. The summed E-state index contributed by atoms with van der Waals surface area (Å²) >= 11 is 0. The Labute approximate surface area is 108 Å². The van der Waals surface area contributed by atoms with E-state index in [4.69, 9.17) is 4.74 Å². The summed E-state index contributed by atoms with van der Waals surface area (Å²) in [6, 6.07) is 6.57. The summed E-state index contributed by atoms with van der Waals surface area (Å²) < 4.78 is 5.49. The summed E-state index contributed by atoms with van der Waals surface area (Å²) in [6.45, 7) is 3.59. The summed E-state index contributed by atoms with van der Waals surface area (Å²) in [5.41, 5.74) is 2.53. The summed E-state index contributed by atoms with van der Waals surface area (Å²) in [7, 11) is 1.66. The van der Waals surface area contributed by atoms with Crippen molar-refractivity contribution in [3.63, 3.8) is 0 Å². The highest BCUT2D eigenvalue weighted by Crippen LogP contribution is 2.27. The van der Waals surface area contributed by atoms with Crippen molar-refractivity contribution < 1.29 is 9.53 Å². The van der Waals surface area contributed by atoms with Crippen molar-refractivity contribution in [2.75, 3.05) is 20.2 Å². The van der Waals surface area contributed by atoms with Gasteiger partial charge in [0.05, 0.1) is 6.61 Å². The number of ether oxygens (including phenoxy) is 1. The van der Waals surface area contributed by atoms with Gasteiger partial charge in [0.2, 0.25) is 5.91 Å². The van der Waals surface area contributed by atoms with Crippen LogP contribution in [0.5, 0.6) is 5.75 Å². The zero-order valence-corrected chi connectivity index (χ0v) is 11.0. The minimum atomic E-state index is 0.0667. The van der Waals surface area contributed by atoms with Gasteiger partial charge in [0.15, 0.2) is 0 Å². The van der Waals surface area contributed by atoms with E-state index in [0.717, 1.165) is 18.8 Å². The van der Waals surface area contributed by atoms with Crippen LogP contribution in [0.25, 0.3) is 0 Å². The van der Waals surface area contributed by atoms with Gasteiger partial charge in [0.25, 0.3) is 0 Å². The van der Waals surface area contributed by atoms with Gasteiger partial charge in [-0.05, 0) is 24.1 Å². The fraction of sp³-hybridized carbons (Fsp3) is 0.500. The lowest BCUT2D eigenvalue weighted by molar-refractivity contribution is -0.120. The van der Waals surface area contributed by atoms with Crippen molar-refractivity contribution in [1.29, 1.82) is 0 Å². The molecule has 2 N–H and O–H groups in total. The van der Waals surface area contributed by atoms with Crippen LogP contribution in [0, 0.1) is 0 Å². The van der Waals surface area contributed by atoms with E-state index in [1.165, 1.54) is 11.1 Å². The maximum absolute atomic E-state index is 11.1. The number of nitrogens with one attached hydrogen (secondary N) is 2. The molecule has 1 aromatic rings. The Morgan fingerprint density at radius 3 is 3.11 bits per heavy atom. The Bertz CT molecular complexity index is 432. The van der Waals surface area contributed by atoms with Crippen molar-refractivity contribution in [3.05, 3.63) is 29.3 Å². The fourth-order valence-corrected chi connectivity index (χ4v) is 2.12. The van der Waals surface area contributed by atoms with Gasteiger partial charge in [-0.1, -0.05) is 12.1 Å². The molecule has 0 bridgehead atoms. The number of fused-ring (bicyclic) bond motifs is 1. The Kier molecular flexibility index (Phi) is 4.20. The molecule has 0 aliphatic carbocycles. The van der Waals surface area contributed by atoms with Gasteiger partial charge in [0.1, 0.15) is 5.75 Å². The quantitative estimate of drug-likeness (QED) is 0.828. The molecule has 1 amide bonds. The van der Waals surface area contributed by atoms with Crippen molar-refractivity contribution >= 4 is 5.91 Å². The molecule has 1 atom stereocenters. The van der Waals surface area contributed by atoms with E-state index in [9.17, 15) is 4.79 Å². The van der Waals surface area contributed by atoms with Crippen LogP contribution in [0.15, 0.2) is 18.2 Å². The molecule has 1 aliphatic rings. The highest BCUT2D eigenvalue weighted by atomic mass is 16.5. The second-order valence-corrected chi connectivity index (χ2v) is 4.56. The van der Waals surface area contributed by atoms with Crippen molar-refractivity contribution in [3.8, 4) is 5.75 Å². The first kappa shape index (κ1) is 12.9. The van der Waals surface area contributed by atoms with E-state index >= 15 is 0 Å².